The maximum atomic E-state index is 1.98. The molecule has 0 spiro atoms. The number of hydrogen-bond acceptors (Lipinski definition) is 2. The quantitative estimate of drug-likeness (QED) is 0.397. The van der Waals surface area contributed by atoms with Crippen molar-refractivity contribution >= 4 is 29.6 Å². The second-order valence-electron chi connectivity index (χ2n) is 0.204. The average Bonchev–Trinajstić information content (AvgIpc) is 1.46. The van der Waals surface area contributed by atoms with Crippen molar-refractivity contribution in [3.8, 4) is 0 Å². The van der Waals surface area contributed by atoms with Gasteiger partial charge in [0.1, 0.15) is 0 Å². The summed E-state index contributed by atoms with van der Waals surface area (Å²) in [5.74, 6) is 0. The maximum absolute atomic E-state index is 1.98. The molecule has 0 N–H and O–H groups in total. The molecule has 1 heterocycles. The van der Waals surface area contributed by atoms with E-state index in [2.05, 4.69) is 0 Å². The Balaban J connectivity index is 0.0000000900. The Bertz CT molecular complexity index is 34.1. The van der Waals surface area contributed by atoms with Gasteiger partial charge in [0.25, 0.3) is 0 Å². The van der Waals surface area contributed by atoms with Crippen molar-refractivity contribution in [3.05, 3.63) is 0 Å². The van der Waals surface area contributed by atoms with Crippen LogP contribution >= 0.6 is 17.4 Å². The van der Waals surface area contributed by atoms with Crippen LogP contribution < -0.4 is 0 Å². The summed E-state index contributed by atoms with van der Waals surface area (Å²) in [6, 6.07) is 0. The Morgan fingerprint density at radius 2 is 1.50 bits per heavy atom. The summed E-state index contributed by atoms with van der Waals surface area (Å²) in [6.07, 6.45) is 0. The fourth-order valence-electron chi connectivity index (χ4n) is 0. The Labute approximate surface area is 37.3 Å². The van der Waals surface area contributed by atoms with Crippen LogP contribution in [0.2, 0.25) is 0 Å². The summed E-state index contributed by atoms with van der Waals surface area (Å²) in [6.45, 7) is 0. The molecular formula is CH4S2Se. The minimum atomic E-state index is 0. The Morgan fingerprint density at radius 1 is 1.25 bits per heavy atom. The fraction of sp³-hybridized carbons (Fsp3) is 1.00. The van der Waals surface area contributed by atoms with Gasteiger partial charge in [0.05, 0.1) is 0 Å². The second-order valence-corrected chi connectivity index (χ2v) is 9.55. The first kappa shape index (κ1) is 4.96. The van der Waals surface area contributed by atoms with Gasteiger partial charge in [-0.1, -0.05) is 7.43 Å². The van der Waals surface area contributed by atoms with Crippen molar-refractivity contribution in [2.24, 2.45) is 0 Å². The monoisotopic (exact) mass is 160 g/mol. The van der Waals surface area contributed by atoms with Crippen molar-refractivity contribution in [3.63, 3.8) is 0 Å². The van der Waals surface area contributed by atoms with E-state index in [-0.39, 0.29) is 7.43 Å². The van der Waals surface area contributed by atoms with E-state index in [4.69, 9.17) is 0 Å². The van der Waals surface area contributed by atoms with Gasteiger partial charge in [0.15, 0.2) is 0 Å². The Morgan fingerprint density at radius 3 is 1.50 bits per heavy atom. The predicted octanol–water partition coefficient (Wildman–Crippen LogP) is 1.50. The van der Waals surface area contributed by atoms with Gasteiger partial charge < -0.3 is 0 Å². The third kappa shape index (κ3) is 2.96. The van der Waals surface area contributed by atoms with E-state index >= 15 is 0 Å². The molecule has 4 heavy (non-hydrogen) atoms. The normalized spacial score (nSPS) is 6.00. The number of rotatable bonds is 0. The topological polar surface area (TPSA) is 0 Å². The molecule has 0 aromatic carbocycles. The van der Waals surface area contributed by atoms with Gasteiger partial charge in [-0.25, -0.2) is 0 Å². The van der Waals surface area contributed by atoms with E-state index in [1.54, 1.807) is 0 Å². The van der Waals surface area contributed by atoms with Gasteiger partial charge >= 0.3 is 29.6 Å². The van der Waals surface area contributed by atoms with Crippen molar-refractivity contribution in [2.45, 2.75) is 7.43 Å². The minimum absolute atomic E-state index is 0. The molecule has 0 atom stereocenters. The molecule has 1 rings (SSSR count). The molecule has 0 radical (unpaired) electrons. The zero-order valence-corrected chi connectivity index (χ0v) is 4.57. The van der Waals surface area contributed by atoms with Crippen LogP contribution in [0.4, 0.5) is 0 Å². The summed E-state index contributed by atoms with van der Waals surface area (Å²) in [4.78, 5) is 0. The molecule has 1 aromatic rings. The molecule has 0 aliphatic heterocycles. The van der Waals surface area contributed by atoms with E-state index in [9.17, 15) is 0 Å². The van der Waals surface area contributed by atoms with Gasteiger partial charge in [-0.15, -0.1) is 0 Å². The third-order valence-corrected chi connectivity index (χ3v) is 3.18. The number of hydrogen-bond donors (Lipinski definition) is 0. The molecule has 0 nitrogen and oxygen atoms in total. The van der Waals surface area contributed by atoms with E-state index in [1.165, 1.54) is 0 Å². The molecule has 0 aliphatic carbocycles. The molecule has 0 unspecified atom stereocenters. The summed E-state index contributed by atoms with van der Waals surface area (Å²) in [5, 5.41) is 0. The van der Waals surface area contributed by atoms with Crippen LogP contribution in [0.15, 0.2) is 0 Å². The van der Waals surface area contributed by atoms with Crippen molar-refractivity contribution < 1.29 is 0 Å². The first-order chi connectivity index (χ1) is 1.50. The first-order valence-electron chi connectivity index (χ1n) is 0.500. The van der Waals surface area contributed by atoms with E-state index in [1.807, 2.05) is 17.4 Å². The molecule has 0 saturated carbocycles. The van der Waals surface area contributed by atoms with Crippen molar-refractivity contribution in [1.29, 1.82) is 0 Å². The molecule has 3 heteroatoms. The second kappa shape index (κ2) is 2.21. The molecule has 0 aliphatic rings. The van der Waals surface area contributed by atoms with Crippen molar-refractivity contribution in [2.75, 3.05) is 0 Å². The Kier molecular flexibility index (Phi) is 2.74. The van der Waals surface area contributed by atoms with Crippen LogP contribution in [0.5, 0.6) is 0 Å². The SMILES string of the molecule is C.s1s[se]1. The van der Waals surface area contributed by atoms with Gasteiger partial charge in [0, 0.05) is 0 Å². The van der Waals surface area contributed by atoms with Crippen LogP contribution in [0, 0.1) is 0 Å². The zero-order valence-electron chi connectivity index (χ0n) is 1.22. The summed E-state index contributed by atoms with van der Waals surface area (Å²) < 4.78 is 0. The predicted molar refractivity (Wildman–Crippen MR) is 25.9 cm³/mol. The molecule has 0 fully saturated rings. The van der Waals surface area contributed by atoms with Gasteiger partial charge in [-0.2, -0.15) is 0 Å². The average molecular weight is 159 g/mol. The van der Waals surface area contributed by atoms with Crippen LogP contribution in [0.1, 0.15) is 7.43 Å². The molecular weight excluding hydrogens is 155 g/mol. The molecule has 0 saturated heterocycles. The molecule has 0 amide bonds. The van der Waals surface area contributed by atoms with Gasteiger partial charge in [-0.05, 0) is 0 Å². The van der Waals surface area contributed by atoms with E-state index in [0.717, 1.165) is 12.2 Å². The molecule has 1 aromatic heterocycles. The molecule has 0 bridgehead atoms. The van der Waals surface area contributed by atoms with E-state index in [0.29, 0.717) is 0 Å². The summed E-state index contributed by atoms with van der Waals surface area (Å²) in [5.41, 5.74) is 0. The van der Waals surface area contributed by atoms with Crippen molar-refractivity contribution in [1.82, 2.24) is 0 Å². The standard InChI is InChI=1S/CH4.S2Se/c;1-2-3-1/h1H4;. The Hall–Kier alpha value is 0.959. The van der Waals surface area contributed by atoms with Gasteiger partial charge in [0.2, 0.25) is 0 Å². The summed E-state index contributed by atoms with van der Waals surface area (Å²) >= 11 is 0.958. The summed E-state index contributed by atoms with van der Waals surface area (Å²) in [7, 11) is 3.96. The fourth-order valence-corrected chi connectivity index (χ4v) is 0. The zero-order chi connectivity index (χ0) is 2.12. The van der Waals surface area contributed by atoms with Crippen LogP contribution in [-0.4, -0.2) is 12.2 Å². The van der Waals surface area contributed by atoms with Crippen LogP contribution in [0.25, 0.3) is 0 Å². The van der Waals surface area contributed by atoms with Crippen LogP contribution in [0.3, 0.4) is 0 Å². The molecule has 26 valence electrons. The van der Waals surface area contributed by atoms with Crippen LogP contribution in [-0.2, 0) is 0 Å². The van der Waals surface area contributed by atoms with Gasteiger partial charge in [-0.3, -0.25) is 0 Å². The van der Waals surface area contributed by atoms with E-state index < -0.39 is 0 Å². The third-order valence-electron chi connectivity index (χ3n) is 0.0680. The first-order valence-corrected chi connectivity index (χ1v) is 6.70.